The molecule has 0 spiro atoms. The van der Waals surface area contributed by atoms with E-state index in [0.717, 1.165) is 0 Å². The smallest absolute Gasteiger partial charge is 0.354 e. The molecule has 2 aliphatic heterocycles. The van der Waals surface area contributed by atoms with Gasteiger partial charge < -0.3 is 15.0 Å². The third-order valence-electron chi connectivity index (χ3n) is 4.68. The number of amides is 5. The number of imide groups is 1. The van der Waals surface area contributed by atoms with Gasteiger partial charge in [0.1, 0.15) is 0 Å². The highest BCUT2D eigenvalue weighted by molar-refractivity contribution is 6.15. The molecule has 0 bridgehead atoms. The maximum Gasteiger partial charge on any atom is 0.354 e. The molecule has 1 aromatic rings. The molecule has 0 radical (unpaired) electrons. The van der Waals surface area contributed by atoms with Crippen LogP contribution in [0.5, 0.6) is 0 Å². The summed E-state index contributed by atoms with van der Waals surface area (Å²) in [7, 11) is 2.74. The number of para-hydroxylation sites is 1. The highest BCUT2D eigenvalue weighted by Gasteiger charge is 2.60. The molecule has 1 saturated heterocycles. The molecule has 10 heteroatoms. The number of fused-ring (bicyclic) bond motifs is 3. The van der Waals surface area contributed by atoms with Gasteiger partial charge in [0.25, 0.3) is 11.8 Å². The van der Waals surface area contributed by atoms with E-state index in [1.807, 2.05) is 5.32 Å². The summed E-state index contributed by atoms with van der Waals surface area (Å²) in [6.07, 6.45) is 0.0871. The Labute approximate surface area is 154 Å². The number of likely N-dealkylation sites (N-methyl/N-ethyl adjacent to an activating group) is 1. The van der Waals surface area contributed by atoms with Gasteiger partial charge in [0.2, 0.25) is 11.6 Å². The van der Waals surface area contributed by atoms with E-state index in [4.69, 9.17) is 4.74 Å². The van der Waals surface area contributed by atoms with Crippen molar-refractivity contribution < 1.29 is 28.7 Å². The van der Waals surface area contributed by atoms with Crippen molar-refractivity contribution >= 4 is 35.4 Å². The van der Waals surface area contributed by atoms with Gasteiger partial charge in [-0.05, 0) is 12.1 Å². The molecule has 2 N–H and O–H groups in total. The number of nitrogens with zero attached hydrogens (tertiary/aromatic N) is 2. The number of carbonyl (C=O) groups excluding carboxylic acids is 5. The van der Waals surface area contributed by atoms with Crippen LogP contribution in [0.15, 0.2) is 24.3 Å². The first kappa shape index (κ1) is 18.4. The second-order valence-electron chi connectivity index (χ2n) is 6.13. The zero-order chi connectivity index (χ0) is 19.8. The molecular formula is C17H18N4O6. The summed E-state index contributed by atoms with van der Waals surface area (Å²) in [6, 6.07) is 5.75. The first-order valence-corrected chi connectivity index (χ1v) is 8.22. The van der Waals surface area contributed by atoms with Crippen molar-refractivity contribution in [2.45, 2.75) is 18.5 Å². The molecule has 0 saturated carbocycles. The number of benzene rings is 1. The molecule has 5 amide bonds. The summed E-state index contributed by atoms with van der Waals surface area (Å²) < 4.78 is 5.06. The van der Waals surface area contributed by atoms with Crippen molar-refractivity contribution in [2.75, 3.05) is 25.6 Å². The molecule has 142 valence electrons. The number of carbonyl (C=O) groups is 5. The van der Waals surface area contributed by atoms with E-state index in [9.17, 15) is 24.0 Å². The molecule has 27 heavy (non-hydrogen) atoms. The average Bonchev–Trinajstić information content (AvgIpc) is 3.02. The number of rotatable bonds is 3. The predicted octanol–water partition coefficient (Wildman–Crippen LogP) is -0.406. The Morgan fingerprint density at radius 3 is 2.63 bits per heavy atom. The van der Waals surface area contributed by atoms with Crippen LogP contribution in [0.4, 0.5) is 10.5 Å². The van der Waals surface area contributed by atoms with Crippen molar-refractivity contribution in [3.8, 4) is 0 Å². The number of urea groups is 1. The Morgan fingerprint density at radius 1 is 1.22 bits per heavy atom. The molecule has 0 aliphatic carbocycles. The zero-order valence-electron chi connectivity index (χ0n) is 14.8. The minimum Gasteiger partial charge on any atom is -0.452 e. The number of anilines is 1. The Morgan fingerprint density at radius 2 is 1.93 bits per heavy atom. The van der Waals surface area contributed by atoms with Crippen molar-refractivity contribution in [1.82, 2.24) is 15.5 Å². The van der Waals surface area contributed by atoms with Gasteiger partial charge in [0, 0.05) is 26.9 Å². The van der Waals surface area contributed by atoms with E-state index >= 15 is 0 Å². The topological polar surface area (TPSA) is 125 Å². The quantitative estimate of drug-likeness (QED) is 0.693. The standard InChI is InChI=1S/C17H18N4O6/c1-18-16(26)19-12(22)9-27-15(25)17-8-7-13(23)21(17)11-6-4-3-5-10(11)14(24)20(17)2/h3-6H,7-9H2,1-2H3,(H2,18,19,22,26)/t17-/m1/s1. The van der Waals surface area contributed by atoms with Gasteiger partial charge in [-0.25, -0.2) is 9.59 Å². The molecule has 1 fully saturated rings. The normalized spacial score (nSPS) is 20.7. The Hall–Kier alpha value is -3.43. The van der Waals surface area contributed by atoms with Crippen LogP contribution in [-0.4, -0.2) is 61.0 Å². The molecule has 10 nitrogen and oxygen atoms in total. The summed E-state index contributed by atoms with van der Waals surface area (Å²) in [5, 5.41) is 4.16. The number of esters is 1. The fourth-order valence-electron chi connectivity index (χ4n) is 3.36. The molecule has 2 heterocycles. The van der Waals surface area contributed by atoms with E-state index in [1.54, 1.807) is 24.3 Å². The number of ether oxygens (including phenoxy) is 1. The maximum atomic E-state index is 12.9. The molecule has 2 aliphatic rings. The average molecular weight is 374 g/mol. The molecular weight excluding hydrogens is 356 g/mol. The lowest BCUT2D eigenvalue weighted by Gasteiger charge is -2.46. The molecule has 0 aromatic heterocycles. The van der Waals surface area contributed by atoms with Crippen LogP contribution in [0.1, 0.15) is 23.2 Å². The van der Waals surface area contributed by atoms with Crippen LogP contribution in [0.2, 0.25) is 0 Å². The van der Waals surface area contributed by atoms with Gasteiger partial charge in [0.15, 0.2) is 6.61 Å². The van der Waals surface area contributed by atoms with Gasteiger partial charge in [-0.3, -0.25) is 24.6 Å². The molecule has 3 rings (SSSR count). The van der Waals surface area contributed by atoms with Crippen molar-refractivity contribution in [3.63, 3.8) is 0 Å². The van der Waals surface area contributed by atoms with Gasteiger partial charge >= 0.3 is 12.0 Å². The maximum absolute atomic E-state index is 12.9. The molecule has 1 aromatic carbocycles. The van der Waals surface area contributed by atoms with E-state index in [-0.39, 0.29) is 18.7 Å². The molecule has 0 unspecified atom stereocenters. The lowest BCUT2D eigenvalue weighted by atomic mass is 9.97. The zero-order valence-corrected chi connectivity index (χ0v) is 14.8. The highest BCUT2D eigenvalue weighted by Crippen LogP contribution is 2.44. The van der Waals surface area contributed by atoms with Crippen LogP contribution < -0.4 is 15.5 Å². The summed E-state index contributed by atoms with van der Waals surface area (Å²) in [5.74, 6) is -2.50. The summed E-state index contributed by atoms with van der Waals surface area (Å²) >= 11 is 0. The third kappa shape index (κ3) is 2.78. The van der Waals surface area contributed by atoms with Gasteiger partial charge in [-0.1, -0.05) is 12.1 Å². The van der Waals surface area contributed by atoms with Crippen LogP contribution in [-0.2, 0) is 19.1 Å². The minimum absolute atomic E-state index is 0.0400. The lowest BCUT2D eigenvalue weighted by molar-refractivity contribution is -0.159. The molecule has 1 atom stereocenters. The van der Waals surface area contributed by atoms with Crippen LogP contribution in [0, 0.1) is 0 Å². The third-order valence-corrected chi connectivity index (χ3v) is 4.68. The summed E-state index contributed by atoms with van der Waals surface area (Å²) in [4.78, 5) is 63.4. The summed E-state index contributed by atoms with van der Waals surface area (Å²) in [6.45, 7) is -0.723. The van der Waals surface area contributed by atoms with Crippen molar-refractivity contribution in [1.29, 1.82) is 0 Å². The van der Waals surface area contributed by atoms with Crippen LogP contribution in [0.3, 0.4) is 0 Å². The first-order chi connectivity index (χ1) is 12.8. The predicted molar refractivity (Wildman–Crippen MR) is 91.5 cm³/mol. The Balaban J connectivity index is 1.89. The van der Waals surface area contributed by atoms with Gasteiger partial charge in [-0.2, -0.15) is 0 Å². The van der Waals surface area contributed by atoms with Crippen LogP contribution in [0.25, 0.3) is 0 Å². The van der Waals surface area contributed by atoms with E-state index in [1.165, 1.54) is 23.9 Å². The second kappa shape index (κ2) is 6.71. The second-order valence-corrected chi connectivity index (χ2v) is 6.13. The fourth-order valence-corrected chi connectivity index (χ4v) is 3.36. The minimum atomic E-state index is -1.66. The Bertz CT molecular complexity index is 854. The number of hydrogen-bond acceptors (Lipinski definition) is 6. The van der Waals surface area contributed by atoms with Gasteiger partial charge in [0.05, 0.1) is 11.3 Å². The number of nitrogens with one attached hydrogen (secondary N) is 2. The van der Waals surface area contributed by atoms with Crippen molar-refractivity contribution in [3.05, 3.63) is 29.8 Å². The summed E-state index contributed by atoms with van der Waals surface area (Å²) in [5.41, 5.74) is -1.03. The Kier molecular flexibility index (Phi) is 4.56. The number of hydrogen-bond donors (Lipinski definition) is 2. The monoisotopic (exact) mass is 374 g/mol. The van der Waals surface area contributed by atoms with E-state index in [2.05, 4.69) is 5.32 Å². The van der Waals surface area contributed by atoms with E-state index < -0.39 is 36.1 Å². The highest BCUT2D eigenvalue weighted by atomic mass is 16.5. The first-order valence-electron chi connectivity index (χ1n) is 8.22. The van der Waals surface area contributed by atoms with E-state index in [0.29, 0.717) is 11.3 Å². The largest absolute Gasteiger partial charge is 0.452 e. The van der Waals surface area contributed by atoms with Crippen molar-refractivity contribution in [2.24, 2.45) is 0 Å². The fraction of sp³-hybridized carbons (Fsp3) is 0.353. The van der Waals surface area contributed by atoms with Crippen LogP contribution >= 0.6 is 0 Å². The lowest BCUT2D eigenvalue weighted by Crippen LogP contribution is -2.67. The van der Waals surface area contributed by atoms with Gasteiger partial charge in [-0.15, -0.1) is 0 Å². The SMILES string of the molecule is CNC(=O)NC(=O)COC(=O)[C@@]12CCC(=O)N1c1ccccc1C(=O)N2C.